The van der Waals surface area contributed by atoms with Crippen LogP contribution < -0.4 is 5.32 Å². The molecule has 5 nitrogen and oxygen atoms in total. The lowest BCUT2D eigenvalue weighted by atomic mass is 10.2. The minimum Gasteiger partial charge on any atom is -0.335 e. The summed E-state index contributed by atoms with van der Waals surface area (Å²) in [6, 6.07) is 11.0. The van der Waals surface area contributed by atoms with Crippen LogP contribution >= 0.6 is 23.2 Å². The molecule has 0 saturated heterocycles. The Morgan fingerprint density at radius 1 is 1.04 bits per heavy atom. The first-order chi connectivity index (χ1) is 12.7. The topological polar surface area (TPSA) is 52.7 Å². The van der Waals surface area contributed by atoms with Crippen LogP contribution in [0.5, 0.6) is 0 Å². The number of amides is 2. The van der Waals surface area contributed by atoms with E-state index in [9.17, 15) is 14.0 Å². The van der Waals surface area contributed by atoms with E-state index in [-0.39, 0.29) is 30.7 Å². The van der Waals surface area contributed by atoms with Gasteiger partial charge >= 0.3 is 0 Å². The molecule has 0 aliphatic rings. The molecule has 0 fully saturated rings. The Hall–Kier alpha value is -2.15. The van der Waals surface area contributed by atoms with E-state index < -0.39 is 0 Å². The number of halogens is 3. The zero-order valence-electron chi connectivity index (χ0n) is 15.0. The van der Waals surface area contributed by atoms with Gasteiger partial charge in [-0.2, -0.15) is 0 Å². The van der Waals surface area contributed by atoms with Crippen LogP contribution in [0.2, 0.25) is 10.0 Å². The molecule has 0 aromatic heterocycles. The van der Waals surface area contributed by atoms with Gasteiger partial charge in [0.1, 0.15) is 5.82 Å². The normalized spacial score (nSPS) is 10.7. The highest BCUT2D eigenvalue weighted by Gasteiger charge is 2.15. The molecule has 2 rings (SSSR count). The van der Waals surface area contributed by atoms with Crippen molar-refractivity contribution in [1.29, 1.82) is 0 Å². The van der Waals surface area contributed by atoms with Crippen LogP contribution in [0.1, 0.15) is 5.56 Å². The molecule has 27 heavy (non-hydrogen) atoms. The summed E-state index contributed by atoms with van der Waals surface area (Å²) in [4.78, 5) is 27.5. The summed E-state index contributed by atoms with van der Waals surface area (Å²) >= 11 is 11.7. The molecule has 2 aromatic carbocycles. The summed E-state index contributed by atoms with van der Waals surface area (Å²) in [5.41, 5.74) is 1.27. The van der Waals surface area contributed by atoms with Gasteiger partial charge in [-0.05, 0) is 42.9 Å². The van der Waals surface area contributed by atoms with Crippen molar-refractivity contribution in [2.24, 2.45) is 0 Å². The van der Waals surface area contributed by atoms with Crippen LogP contribution in [0, 0.1) is 5.82 Å². The summed E-state index contributed by atoms with van der Waals surface area (Å²) in [6.45, 7) is 0.423. The van der Waals surface area contributed by atoms with E-state index in [1.807, 2.05) is 0 Å². The van der Waals surface area contributed by atoms with Crippen LogP contribution in [0.25, 0.3) is 0 Å². The van der Waals surface area contributed by atoms with Gasteiger partial charge in [0.05, 0.1) is 23.1 Å². The van der Waals surface area contributed by atoms with Crippen molar-refractivity contribution in [3.8, 4) is 0 Å². The van der Waals surface area contributed by atoms with Crippen molar-refractivity contribution in [2.75, 3.05) is 32.5 Å². The molecule has 0 atom stereocenters. The summed E-state index contributed by atoms with van der Waals surface area (Å²) < 4.78 is 13.2. The largest absolute Gasteiger partial charge is 0.335 e. The molecule has 0 aliphatic carbocycles. The zero-order chi connectivity index (χ0) is 20.0. The number of hydrogen-bond acceptors (Lipinski definition) is 3. The average Bonchev–Trinajstić information content (AvgIpc) is 2.57. The van der Waals surface area contributed by atoms with Gasteiger partial charge < -0.3 is 10.2 Å². The van der Waals surface area contributed by atoms with E-state index in [1.165, 1.54) is 23.1 Å². The third kappa shape index (κ3) is 6.82. The Bertz CT molecular complexity index is 832. The number of anilines is 1. The monoisotopic (exact) mass is 411 g/mol. The molecule has 0 saturated carbocycles. The third-order valence-electron chi connectivity index (χ3n) is 3.76. The van der Waals surface area contributed by atoms with Crippen molar-refractivity contribution in [1.82, 2.24) is 9.80 Å². The van der Waals surface area contributed by atoms with Crippen LogP contribution in [-0.4, -0.2) is 48.8 Å². The van der Waals surface area contributed by atoms with Crippen LogP contribution in [-0.2, 0) is 16.1 Å². The van der Waals surface area contributed by atoms with E-state index in [4.69, 9.17) is 23.2 Å². The van der Waals surface area contributed by atoms with Crippen LogP contribution in [0.15, 0.2) is 42.5 Å². The smallest absolute Gasteiger partial charge is 0.243 e. The molecule has 144 valence electrons. The van der Waals surface area contributed by atoms with E-state index in [0.717, 1.165) is 5.56 Å². The van der Waals surface area contributed by atoms with Gasteiger partial charge in [0.2, 0.25) is 11.8 Å². The molecule has 2 aromatic rings. The van der Waals surface area contributed by atoms with Gasteiger partial charge in [-0.15, -0.1) is 0 Å². The molecule has 0 unspecified atom stereocenters. The first-order valence-electron chi connectivity index (χ1n) is 8.16. The summed E-state index contributed by atoms with van der Waals surface area (Å²) in [5, 5.41) is 3.39. The SMILES string of the molecule is CN(CC(=O)N(C)CC(=O)Nc1ccc(Cl)c(Cl)c1)Cc1cccc(F)c1. The van der Waals surface area contributed by atoms with Gasteiger partial charge in [0.25, 0.3) is 0 Å². The first kappa shape index (κ1) is 21.2. The third-order valence-corrected chi connectivity index (χ3v) is 4.50. The van der Waals surface area contributed by atoms with Gasteiger partial charge in [-0.3, -0.25) is 14.5 Å². The minimum absolute atomic E-state index is 0.104. The number of benzene rings is 2. The number of rotatable bonds is 7. The van der Waals surface area contributed by atoms with Gasteiger partial charge in [0, 0.05) is 19.3 Å². The van der Waals surface area contributed by atoms with Gasteiger partial charge in [0.15, 0.2) is 0 Å². The molecule has 8 heteroatoms. The number of likely N-dealkylation sites (N-methyl/N-ethyl adjacent to an activating group) is 2. The fourth-order valence-electron chi connectivity index (χ4n) is 2.43. The Morgan fingerprint density at radius 3 is 2.44 bits per heavy atom. The number of carbonyl (C=O) groups is 2. The predicted octanol–water partition coefficient (Wildman–Crippen LogP) is 3.66. The minimum atomic E-state index is -0.350. The van der Waals surface area contributed by atoms with Crippen LogP contribution in [0.3, 0.4) is 0 Å². The van der Waals surface area contributed by atoms with Crippen molar-refractivity contribution < 1.29 is 14.0 Å². The Morgan fingerprint density at radius 2 is 1.78 bits per heavy atom. The second-order valence-corrected chi connectivity index (χ2v) is 7.04. The van der Waals surface area contributed by atoms with E-state index in [0.29, 0.717) is 22.3 Å². The van der Waals surface area contributed by atoms with Crippen molar-refractivity contribution in [2.45, 2.75) is 6.54 Å². The number of nitrogens with one attached hydrogen (secondary N) is 1. The lowest BCUT2D eigenvalue weighted by Gasteiger charge is -2.21. The highest BCUT2D eigenvalue weighted by Crippen LogP contribution is 2.24. The number of hydrogen-bond donors (Lipinski definition) is 1. The van der Waals surface area contributed by atoms with E-state index in [2.05, 4.69) is 5.32 Å². The molecular weight excluding hydrogens is 392 g/mol. The second kappa shape index (κ2) is 9.69. The molecule has 0 spiro atoms. The molecule has 0 heterocycles. The molecule has 2 amide bonds. The van der Waals surface area contributed by atoms with E-state index in [1.54, 1.807) is 43.3 Å². The fourth-order valence-corrected chi connectivity index (χ4v) is 2.73. The number of nitrogens with zero attached hydrogens (tertiary/aromatic N) is 2. The highest BCUT2D eigenvalue weighted by molar-refractivity contribution is 6.42. The van der Waals surface area contributed by atoms with E-state index >= 15 is 0 Å². The standard InChI is InChI=1S/C19H20Cl2FN3O2/c1-24(10-13-4-3-5-14(22)8-13)12-19(27)25(2)11-18(26)23-15-6-7-16(20)17(21)9-15/h3-9H,10-12H2,1-2H3,(H,23,26). The van der Waals surface area contributed by atoms with Crippen molar-refractivity contribution in [3.63, 3.8) is 0 Å². The Kier molecular flexibility index (Phi) is 7.59. The fraction of sp³-hybridized carbons (Fsp3) is 0.263. The Balaban J connectivity index is 1.83. The maximum absolute atomic E-state index is 13.2. The van der Waals surface area contributed by atoms with Gasteiger partial charge in [-0.1, -0.05) is 35.3 Å². The lowest BCUT2D eigenvalue weighted by Crippen LogP contribution is -2.40. The zero-order valence-corrected chi connectivity index (χ0v) is 16.5. The second-order valence-electron chi connectivity index (χ2n) is 6.23. The number of carbonyl (C=O) groups excluding carboxylic acids is 2. The predicted molar refractivity (Wildman–Crippen MR) is 105 cm³/mol. The van der Waals surface area contributed by atoms with Crippen LogP contribution in [0.4, 0.5) is 10.1 Å². The molecule has 0 bridgehead atoms. The highest BCUT2D eigenvalue weighted by atomic mass is 35.5. The van der Waals surface area contributed by atoms with Gasteiger partial charge in [-0.25, -0.2) is 4.39 Å². The molecule has 1 N–H and O–H groups in total. The van der Waals surface area contributed by atoms with Crippen molar-refractivity contribution >= 4 is 40.7 Å². The Labute approximate surface area is 167 Å². The summed E-state index contributed by atoms with van der Waals surface area (Å²) in [5.74, 6) is -0.890. The maximum Gasteiger partial charge on any atom is 0.243 e. The lowest BCUT2D eigenvalue weighted by molar-refractivity contribution is -0.134. The average molecular weight is 412 g/mol. The molecular formula is C19H20Cl2FN3O2. The summed E-state index contributed by atoms with van der Waals surface area (Å²) in [6.07, 6.45) is 0. The quantitative estimate of drug-likeness (QED) is 0.755. The molecule has 0 radical (unpaired) electrons. The molecule has 0 aliphatic heterocycles. The van der Waals surface area contributed by atoms with Crippen molar-refractivity contribution in [3.05, 3.63) is 63.9 Å². The maximum atomic E-state index is 13.2. The summed E-state index contributed by atoms with van der Waals surface area (Å²) in [7, 11) is 3.30. The first-order valence-corrected chi connectivity index (χ1v) is 8.92.